The minimum atomic E-state index is 0.103. The zero-order valence-corrected chi connectivity index (χ0v) is 13.8. The van der Waals surface area contributed by atoms with Crippen molar-refractivity contribution in [3.05, 3.63) is 0 Å². The van der Waals surface area contributed by atoms with Crippen molar-refractivity contribution >= 4 is 11.6 Å². The molecule has 0 saturated heterocycles. The molecule has 0 N–H and O–H groups in total. The molecule has 0 aromatic rings. The monoisotopic (exact) mass is 278 g/mol. The van der Waals surface area contributed by atoms with E-state index in [1.165, 1.54) is 6.42 Å². The first-order valence-corrected chi connectivity index (χ1v) is 8.19. The van der Waals surface area contributed by atoms with Crippen LogP contribution in [-0.4, -0.2) is 11.6 Å². The predicted octanol–water partition coefficient (Wildman–Crippen LogP) is 4.41. The highest BCUT2D eigenvalue weighted by Gasteiger charge is 2.55. The van der Waals surface area contributed by atoms with Crippen LogP contribution in [0.15, 0.2) is 0 Å². The Hall–Kier alpha value is -0.660. The maximum absolute atomic E-state index is 12.5. The number of rotatable bonds is 3. The molecule has 2 saturated carbocycles. The van der Waals surface area contributed by atoms with E-state index in [0.29, 0.717) is 29.5 Å². The van der Waals surface area contributed by atoms with Crippen LogP contribution >= 0.6 is 0 Å². The highest BCUT2D eigenvalue weighted by atomic mass is 16.1. The second kappa shape index (κ2) is 5.27. The summed E-state index contributed by atoms with van der Waals surface area (Å²) in [5, 5.41) is 0. The molecule has 20 heavy (non-hydrogen) atoms. The van der Waals surface area contributed by atoms with E-state index in [9.17, 15) is 9.59 Å². The lowest BCUT2D eigenvalue weighted by molar-refractivity contribution is -0.147. The number of ketones is 2. The van der Waals surface area contributed by atoms with E-state index in [0.717, 1.165) is 25.7 Å². The molecule has 0 bridgehead atoms. The molecule has 0 aromatic heterocycles. The van der Waals surface area contributed by atoms with Crippen molar-refractivity contribution in [3.8, 4) is 0 Å². The second-order valence-corrected chi connectivity index (χ2v) is 8.36. The normalized spacial score (nSPS) is 40.2. The summed E-state index contributed by atoms with van der Waals surface area (Å²) in [4.78, 5) is 23.8. The maximum Gasteiger partial charge on any atom is 0.136 e. The molecule has 2 aliphatic rings. The summed E-state index contributed by atoms with van der Waals surface area (Å²) in [5.41, 5.74) is 0.424. The highest BCUT2D eigenvalue weighted by Crippen LogP contribution is 2.61. The van der Waals surface area contributed by atoms with Gasteiger partial charge in [-0.2, -0.15) is 0 Å². The molecule has 2 fully saturated rings. The molecule has 2 rings (SSSR count). The largest absolute Gasteiger partial charge is 0.300 e. The van der Waals surface area contributed by atoms with Crippen molar-refractivity contribution < 1.29 is 9.59 Å². The van der Waals surface area contributed by atoms with Gasteiger partial charge in [0.15, 0.2) is 0 Å². The Bertz CT molecular complexity index is 410. The smallest absolute Gasteiger partial charge is 0.136 e. The van der Waals surface area contributed by atoms with Gasteiger partial charge in [-0.15, -0.1) is 0 Å². The van der Waals surface area contributed by atoms with E-state index in [1.54, 1.807) is 6.92 Å². The van der Waals surface area contributed by atoms with E-state index in [1.807, 2.05) is 0 Å². The standard InChI is InChI=1S/C18H30O2/c1-12-10-17(3,4)16-9-8-15(20)14(7-6-13(2)19)18(16,5)11-12/h12,14,16H,6-11H2,1-5H3. The van der Waals surface area contributed by atoms with Crippen molar-refractivity contribution in [1.82, 2.24) is 0 Å². The Morgan fingerprint density at radius 3 is 2.50 bits per heavy atom. The number of hydrogen-bond donors (Lipinski definition) is 0. The van der Waals surface area contributed by atoms with E-state index >= 15 is 0 Å². The molecule has 0 aliphatic heterocycles. The SMILES string of the molecule is CC(=O)CCC1C(=O)CCC2C(C)(C)CC(C)CC12C. The third kappa shape index (κ3) is 2.71. The first-order chi connectivity index (χ1) is 9.17. The molecular formula is C18H30O2. The number of fused-ring (bicyclic) bond motifs is 1. The molecule has 0 amide bonds. The topological polar surface area (TPSA) is 34.1 Å². The van der Waals surface area contributed by atoms with Gasteiger partial charge in [-0.25, -0.2) is 0 Å². The quantitative estimate of drug-likeness (QED) is 0.766. The molecule has 2 nitrogen and oxygen atoms in total. The van der Waals surface area contributed by atoms with Crippen LogP contribution in [0.1, 0.15) is 73.1 Å². The van der Waals surface area contributed by atoms with Crippen molar-refractivity contribution in [3.63, 3.8) is 0 Å². The van der Waals surface area contributed by atoms with Crippen LogP contribution < -0.4 is 0 Å². The van der Waals surface area contributed by atoms with Gasteiger partial charge in [0, 0.05) is 18.8 Å². The van der Waals surface area contributed by atoms with Crippen LogP contribution in [0.5, 0.6) is 0 Å². The van der Waals surface area contributed by atoms with Gasteiger partial charge < -0.3 is 4.79 Å². The lowest BCUT2D eigenvalue weighted by Crippen LogP contribution is -2.53. The van der Waals surface area contributed by atoms with Gasteiger partial charge >= 0.3 is 0 Å². The average Bonchev–Trinajstić information content (AvgIpc) is 2.24. The van der Waals surface area contributed by atoms with E-state index in [-0.39, 0.29) is 17.1 Å². The first kappa shape index (κ1) is 15.7. The molecule has 2 aliphatic carbocycles. The summed E-state index contributed by atoms with van der Waals surface area (Å²) in [7, 11) is 0. The summed E-state index contributed by atoms with van der Waals surface area (Å²) in [6, 6.07) is 0. The second-order valence-electron chi connectivity index (χ2n) is 8.36. The van der Waals surface area contributed by atoms with Gasteiger partial charge in [0.25, 0.3) is 0 Å². The fourth-order valence-corrected chi connectivity index (χ4v) is 5.67. The van der Waals surface area contributed by atoms with Crippen molar-refractivity contribution in [2.24, 2.45) is 28.6 Å². The third-order valence-electron chi connectivity index (χ3n) is 6.05. The molecule has 0 radical (unpaired) electrons. The molecule has 114 valence electrons. The molecule has 4 atom stereocenters. The van der Waals surface area contributed by atoms with Gasteiger partial charge in [-0.1, -0.05) is 27.7 Å². The number of Topliss-reactive ketones (excluding diaryl/α,β-unsaturated/α-hetero) is 2. The van der Waals surface area contributed by atoms with Gasteiger partial charge in [-0.05, 0) is 55.3 Å². The maximum atomic E-state index is 12.5. The molecule has 4 unspecified atom stereocenters. The Morgan fingerprint density at radius 1 is 1.25 bits per heavy atom. The third-order valence-corrected chi connectivity index (χ3v) is 6.05. The average molecular weight is 278 g/mol. The summed E-state index contributed by atoms with van der Waals surface area (Å²) < 4.78 is 0. The highest BCUT2D eigenvalue weighted by molar-refractivity contribution is 5.84. The van der Waals surface area contributed by atoms with E-state index < -0.39 is 0 Å². The lowest BCUT2D eigenvalue weighted by atomic mass is 9.46. The summed E-state index contributed by atoms with van der Waals surface area (Å²) in [6.07, 6.45) is 5.51. The molecule has 0 aromatic carbocycles. The minimum absolute atomic E-state index is 0.103. The Labute approximate surface area is 123 Å². The van der Waals surface area contributed by atoms with Gasteiger partial charge in [0.1, 0.15) is 11.6 Å². The molecular weight excluding hydrogens is 248 g/mol. The Kier molecular flexibility index (Phi) is 4.15. The zero-order valence-electron chi connectivity index (χ0n) is 13.8. The van der Waals surface area contributed by atoms with E-state index in [2.05, 4.69) is 27.7 Å². The van der Waals surface area contributed by atoms with Crippen LogP contribution in [0.25, 0.3) is 0 Å². The molecule has 0 spiro atoms. The van der Waals surface area contributed by atoms with Crippen LogP contribution in [0.2, 0.25) is 0 Å². The molecule has 2 heteroatoms. The summed E-state index contributed by atoms with van der Waals surface area (Å²) in [6.45, 7) is 11.1. The number of carbonyl (C=O) groups is 2. The van der Waals surface area contributed by atoms with Crippen molar-refractivity contribution in [2.75, 3.05) is 0 Å². The fourth-order valence-electron chi connectivity index (χ4n) is 5.67. The zero-order chi connectivity index (χ0) is 15.1. The van der Waals surface area contributed by atoms with Gasteiger partial charge in [-0.3, -0.25) is 4.79 Å². The van der Waals surface area contributed by atoms with Crippen molar-refractivity contribution in [1.29, 1.82) is 0 Å². The van der Waals surface area contributed by atoms with Gasteiger partial charge in [0.05, 0.1) is 0 Å². The van der Waals surface area contributed by atoms with Crippen LogP contribution in [0.3, 0.4) is 0 Å². The number of carbonyl (C=O) groups excluding carboxylic acids is 2. The molecule has 0 heterocycles. The van der Waals surface area contributed by atoms with Crippen LogP contribution in [0.4, 0.5) is 0 Å². The Morgan fingerprint density at radius 2 is 1.90 bits per heavy atom. The van der Waals surface area contributed by atoms with Crippen LogP contribution in [0, 0.1) is 28.6 Å². The first-order valence-electron chi connectivity index (χ1n) is 8.19. The minimum Gasteiger partial charge on any atom is -0.300 e. The van der Waals surface area contributed by atoms with Crippen molar-refractivity contribution in [2.45, 2.75) is 73.1 Å². The fraction of sp³-hybridized carbons (Fsp3) is 0.889. The Balaban J connectivity index is 2.29. The van der Waals surface area contributed by atoms with Crippen LogP contribution in [-0.2, 0) is 9.59 Å². The lowest BCUT2D eigenvalue weighted by Gasteiger charge is -2.58. The summed E-state index contributed by atoms with van der Waals surface area (Å²) in [5.74, 6) is 2.03. The number of hydrogen-bond acceptors (Lipinski definition) is 2. The van der Waals surface area contributed by atoms with E-state index in [4.69, 9.17) is 0 Å². The predicted molar refractivity (Wildman–Crippen MR) is 81.4 cm³/mol. The summed E-state index contributed by atoms with van der Waals surface area (Å²) >= 11 is 0. The van der Waals surface area contributed by atoms with Gasteiger partial charge in [0.2, 0.25) is 0 Å².